The van der Waals surface area contributed by atoms with Crippen LogP contribution in [0, 0.1) is 12.7 Å². The SMILES string of the molecule is Cc1cc(Cl)c(CCN(C)C(C)C)cc1F. The van der Waals surface area contributed by atoms with Crippen LogP contribution in [0.5, 0.6) is 0 Å². The van der Waals surface area contributed by atoms with E-state index in [2.05, 4.69) is 25.8 Å². The van der Waals surface area contributed by atoms with Crippen molar-refractivity contribution in [3.8, 4) is 0 Å². The van der Waals surface area contributed by atoms with E-state index in [0.717, 1.165) is 18.5 Å². The molecule has 0 aliphatic carbocycles. The van der Waals surface area contributed by atoms with Crippen molar-refractivity contribution in [1.29, 1.82) is 0 Å². The molecule has 0 unspecified atom stereocenters. The molecule has 0 N–H and O–H groups in total. The van der Waals surface area contributed by atoms with Gasteiger partial charge in [0.05, 0.1) is 0 Å². The quantitative estimate of drug-likeness (QED) is 0.780. The van der Waals surface area contributed by atoms with Gasteiger partial charge in [0.15, 0.2) is 0 Å². The summed E-state index contributed by atoms with van der Waals surface area (Å²) in [5, 5.41) is 0.663. The standard InChI is InChI=1S/C13H19ClFN/c1-9(2)16(4)6-5-11-8-13(15)10(3)7-12(11)14/h7-9H,5-6H2,1-4H3. The van der Waals surface area contributed by atoms with E-state index in [1.165, 1.54) is 0 Å². The number of rotatable bonds is 4. The van der Waals surface area contributed by atoms with Crippen molar-refractivity contribution in [2.45, 2.75) is 33.2 Å². The van der Waals surface area contributed by atoms with E-state index >= 15 is 0 Å². The molecule has 1 aromatic rings. The summed E-state index contributed by atoms with van der Waals surface area (Å²) in [5.74, 6) is -0.174. The largest absolute Gasteiger partial charge is 0.304 e. The van der Waals surface area contributed by atoms with Gasteiger partial charge in [-0.3, -0.25) is 0 Å². The maximum Gasteiger partial charge on any atom is 0.126 e. The molecule has 0 aromatic heterocycles. The van der Waals surface area contributed by atoms with Gasteiger partial charge in [-0.15, -0.1) is 0 Å². The molecule has 0 amide bonds. The predicted molar refractivity (Wildman–Crippen MR) is 67.6 cm³/mol. The molecule has 3 heteroatoms. The van der Waals surface area contributed by atoms with Gasteiger partial charge in [0.25, 0.3) is 0 Å². The highest BCUT2D eigenvalue weighted by Gasteiger charge is 2.08. The summed E-state index contributed by atoms with van der Waals surface area (Å²) in [6, 6.07) is 3.74. The van der Waals surface area contributed by atoms with Crippen molar-refractivity contribution in [2.24, 2.45) is 0 Å². The molecule has 0 bridgehead atoms. The number of likely N-dealkylation sites (N-methyl/N-ethyl adjacent to an activating group) is 1. The van der Waals surface area contributed by atoms with Crippen molar-refractivity contribution < 1.29 is 4.39 Å². The van der Waals surface area contributed by atoms with Crippen LogP contribution in [0.15, 0.2) is 12.1 Å². The van der Waals surface area contributed by atoms with Crippen molar-refractivity contribution in [2.75, 3.05) is 13.6 Å². The first-order valence-electron chi connectivity index (χ1n) is 5.56. The Balaban J connectivity index is 2.71. The summed E-state index contributed by atoms with van der Waals surface area (Å²) >= 11 is 6.08. The number of halogens is 2. The molecule has 0 fully saturated rings. The number of hydrogen-bond donors (Lipinski definition) is 0. The van der Waals surface area contributed by atoms with Crippen molar-refractivity contribution >= 4 is 11.6 Å². The van der Waals surface area contributed by atoms with Crippen LogP contribution in [0.1, 0.15) is 25.0 Å². The van der Waals surface area contributed by atoms with Crippen LogP contribution in [0.4, 0.5) is 4.39 Å². The lowest BCUT2D eigenvalue weighted by Gasteiger charge is -2.21. The molecule has 1 nitrogen and oxygen atoms in total. The van der Waals surface area contributed by atoms with E-state index in [-0.39, 0.29) is 5.82 Å². The van der Waals surface area contributed by atoms with E-state index in [1.54, 1.807) is 19.1 Å². The van der Waals surface area contributed by atoms with Gasteiger partial charge in [-0.2, -0.15) is 0 Å². The van der Waals surface area contributed by atoms with Crippen LogP contribution < -0.4 is 0 Å². The second-order valence-electron chi connectivity index (χ2n) is 4.52. The molecule has 0 spiro atoms. The highest BCUT2D eigenvalue weighted by molar-refractivity contribution is 6.31. The van der Waals surface area contributed by atoms with Gasteiger partial charge in [-0.1, -0.05) is 11.6 Å². The van der Waals surface area contributed by atoms with E-state index in [0.29, 0.717) is 16.6 Å². The molecule has 0 aliphatic rings. The zero-order valence-electron chi connectivity index (χ0n) is 10.3. The zero-order valence-corrected chi connectivity index (χ0v) is 11.1. The third-order valence-electron chi connectivity index (χ3n) is 2.94. The first-order valence-corrected chi connectivity index (χ1v) is 5.94. The Kier molecular flexibility index (Phi) is 4.75. The summed E-state index contributed by atoms with van der Waals surface area (Å²) in [5.41, 5.74) is 1.49. The van der Waals surface area contributed by atoms with Gasteiger partial charge in [0.1, 0.15) is 5.82 Å². The Bertz CT molecular complexity index is 363. The molecule has 0 saturated heterocycles. The number of hydrogen-bond acceptors (Lipinski definition) is 1. The van der Waals surface area contributed by atoms with Crippen molar-refractivity contribution in [1.82, 2.24) is 4.90 Å². The minimum atomic E-state index is -0.174. The molecule has 0 aliphatic heterocycles. The van der Waals surface area contributed by atoms with Gasteiger partial charge in [-0.25, -0.2) is 4.39 Å². The molecule has 0 radical (unpaired) electrons. The summed E-state index contributed by atoms with van der Waals surface area (Å²) in [4.78, 5) is 2.22. The molecule has 0 atom stereocenters. The monoisotopic (exact) mass is 243 g/mol. The lowest BCUT2D eigenvalue weighted by atomic mass is 10.1. The van der Waals surface area contributed by atoms with Gasteiger partial charge in [-0.05, 0) is 57.5 Å². The fourth-order valence-corrected chi connectivity index (χ4v) is 1.75. The number of nitrogens with zero attached hydrogens (tertiary/aromatic N) is 1. The van der Waals surface area contributed by atoms with Crippen molar-refractivity contribution in [3.63, 3.8) is 0 Å². The molecular formula is C13H19ClFN. The normalized spacial score (nSPS) is 11.5. The summed E-state index contributed by atoms with van der Waals surface area (Å²) in [6.07, 6.45) is 0.782. The Morgan fingerprint density at radius 3 is 2.56 bits per heavy atom. The van der Waals surface area contributed by atoms with Crippen LogP contribution in [-0.4, -0.2) is 24.5 Å². The lowest BCUT2D eigenvalue weighted by molar-refractivity contribution is 0.277. The molecule has 16 heavy (non-hydrogen) atoms. The first-order chi connectivity index (χ1) is 7.41. The average Bonchev–Trinajstić information content (AvgIpc) is 2.20. The molecule has 0 saturated carbocycles. The van der Waals surface area contributed by atoms with Gasteiger partial charge in [0.2, 0.25) is 0 Å². The first kappa shape index (κ1) is 13.5. The maximum absolute atomic E-state index is 13.4. The Hall–Kier alpha value is -0.600. The van der Waals surface area contributed by atoms with Crippen LogP contribution in [0.3, 0.4) is 0 Å². The van der Waals surface area contributed by atoms with E-state index in [4.69, 9.17) is 11.6 Å². The smallest absolute Gasteiger partial charge is 0.126 e. The number of benzene rings is 1. The fourth-order valence-electron chi connectivity index (χ4n) is 1.43. The Labute approximate surface area is 102 Å². The molecular weight excluding hydrogens is 225 g/mol. The van der Waals surface area contributed by atoms with E-state index in [1.807, 2.05) is 0 Å². The average molecular weight is 244 g/mol. The van der Waals surface area contributed by atoms with Gasteiger partial charge < -0.3 is 4.90 Å². The molecule has 0 heterocycles. The topological polar surface area (TPSA) is 3.24 Å². The van der Waals surface area contributed by atoms with E-state index < -0.39 is 0 Å². The van der Waals surface area contributed by atoms with Crippen LogP contribution in [0.25, 0.3) is 0 Å². The van der Waals surface area contributed by atoms with Crippen molar-refractivity contribution in [3.05, 3.63) is 34.1 Å². The van der Waals surface area contributed by atoms with Crippen LogP contribution >= 0.6 is 11.6 Å². The van der Waals surface area contributed by atoms with Gasteiger partial charge in [0, 0.05) is 17.6 Å². The third-order valence-corrected chi connectivity index (χ3v) is 3.29. The molecule has 1 rings (SSSR count). The van der Waals surface area contributed by atoms with Crippen LogP contribution in [0.2, 0.25) is 5.02 Å². The minimum Gasteiger partial charge on any atom is -0.304 e. The summed E-state index contributed by atoms with van der Waals surface area (Å²) < 4.78 is 13.4. The van der Waals surface area contributed by atoms with E-state index in [9.17, 15) is 4.39 Å². The second kappa shape index (κ2) is 5.65. The Morgan fingerprint density at radius 1 is 1.38 bits per heavy atom. The Morgan fingerprint density at radius 2 is 2.00 bits per heavy atom. The van der Waals surface area contributed by atoms with Gasteiger partial charge >= 0.3 is 0 Å². The summed E-state index contributed by atoms with van der Waals surface area (Å²) in [7, 11) is 2.06. The second-order valence-corrected chi connectivity index (χ2v) is 4.92. The minimum absolute atomic E-state index is 0.174. The maximum atomic E-state index is 13.4. The highest BCUT2D eigenvalue weighted by Crippen LogP contribution is 2.21. The number of aryl methyl sites for hydroxylation is 1. The predicted octanol–water partition coefficient (Wildman–Crippen LogP) is 3.67. The lowest BCUT2D eigenvalue weighted by Crippen LogP contribution is -2.28. The highest BCUT2D eigenvalue weighted by atomic mass is 35.5. The molecule has 90 valence electrons. The fraction of sp³-hybridized carbons (Fsp3) is 0.538. The molecule has 1 aromatic carbocycles. The van der Waals surface area contributed by atoms with Crippen LogP contribution in [-0.2, 0) is 6.42 Å². The zero-order chi connectivity index (χ0) is 12.3. The third kappa shape index (κ3) is 3.46. The summed E-state index contributed by atoms with van der Waals surface area (Å²) in [6.45, 7) is 6.89.